The quantitative estimate of drug-likeness (QED) is 0.640. The van der Waals surface area contributed by atoms with Crippen LogP contribution >= 0.6 is 11.6 Å². The Morgan fingerprint density at radius 2 is 2.25 bits per heavy atom. The van der Waals surface area contributed by atoms with Crippen molar-refractivity contribution >= 4 is 11.6 Å². The van der Waals surface area contributed by atoms with Crippen LogP contribution in [-0.4, -0.2) is 4.98 Å². The van der Waals surface area contributed by atoms with Crippen LogP contribution in [0.25, 0.3) is 0 Å². The van der Waals surface area contributed by atoms with Crippen molar-refractivity contribution in [1.82, 2.24) is 4.98 Å². The lowest BCUT2D eigenvalue weighted by atomic mass is 10.0. The van der Waals surface area contributed by atoms with Gasteiger partial charge < -0.3 is 0 Å². The van der Waals surface area contributed by atoms with Gasteiger partial charge in [0.05, 0.1) is 10.6 Å². The number of nitrogens with zero attached hydrogens (tertiary/aromatic N) is 1. The predicted octanol–water partition coefficient (Wildman–Crippen LogP) is 2.95. The molecule has 1 aromatic rings. The van der Waals surface area contributed by atoms with Gasteiger partial charge in [0, 0.05) is 6.20 Å². The van der Waals surface area contributed by atoms with Crippen LogP contribution in [0.1, 0.15) is 25.5 Å². The van der Waals surface area contributed by atoms with E-state index in [0.29, 0.717) is 5.92 Å². The minimum atomic E-state index is -0.235. The lowest BCUT2D eigenvalue weighted by molar-refractivity contribution is 0.568. The topological polar surface area (TPSA) is 12.9 Å². The van der Waals surface area contributed by atoms with Gasteiger partial charge in [-0.15, -0.1) is 11.6 Å². The Morgan fingerprint density at radius 3 is 2.75 bits per heavy atom. The van der Waals surface area contributed by atoms with Gasteiger partial charge in [0.2, 0.25) is 0 Å². The highest BCUT2D eigenvalue weighted by Crippen LogP contribution is 2.49. The number of alkyl halides is 1. The third kappa shape index (κ3) is 1.34. The maximum absolute atomic E-state index is 6.40. The summed E-state index contributed by atoms with van der Waals surface area (Å²) in [6.07, 6.45) is 4.30. The largest absolute Gasteiger partial charge is 0.259 e. The molecule has 0 N–H and O–H groups in total. The van der Waals surface area contributed by atoms with E-state index in [1.165, 1.54) is 12.8 Å². The molecule has 0 saturated heterocycles. The van der Waals surface area contributed by atoms with Crippen LogP contribution in [0, 0.1) is 5.92 Å². The van der Waals surface area contributed by atoms with Gasteiger partial charge in [0.15, 0.2) is 0 Å². The number of aromatic nitrogens is 1. The van der Waals surface area contributed by atoms with Crippen LogP contribution in [0.3, 0.4) is 0 Å². The molecular weight excluding hydrogens is 170 g/mol. The first-order chi connectivity index (χ1) is 5.71. The van der Waals surface area contributed by atoms with Crippen molar-refractivity contribution < 1.29 is 0 Å². The van der Waals surface area contributed by atoms with E-state index in [-0.39, 0.29) is 4.87 Å². The van der Waals surface area contributed by atoms with Gasteiger partial charge in [0.1, 0.15) is 0 Å². The fourth-order valence-corrected chi connectivity index (χ4v) is 1.82. The Bertz CT molecular complexity index is 264. The van der Waals surface area contributed by atoms with Crippen molar-refractivity contribution in [3.05, 3.63) is 30.1 Å². The zero-order valence-electron chi connectivity index (χ0n) is 7.13. The summed E-state index contributed by atoms with van der Waals surface area (Å²) in [5, 5.41) is 0. The van der Waals surface area contributed by atoms with Gasteiger partial charge >= 0.3 is 0 Å². The molecule has 0 amide bonds. The Balaban J connectivity index is 2.28. The first-order valence-corrected chi connectivity index (χ1v) is 4.69. The zero-order valence-corrected chi connectivity index (χ0v) is 7.88. The Labute approximate surface area is 77.8 Å². The fraction of sp³-hybridized carbons (Fsp3) is 0.500. The molecule has 1 atom stereocenters. The summed E-state index contributed by atoms with van der Waals surface area (Å²) in [5.41, 5.74) is 1.01. The number of hydrogen-bond donors (Lipinski definition) is 0. The summed E-state index contributed by atoms with van der Waals surface area (Å²) in [7, 11) is 0. The summed E-state index contributed by atoms with van der Waals surface area (Å²) in [5.74, 6) is 0.633. The molecule has 1 unspecified atom stereocenters. The van der Waals surface area contributed by atoms with Crippen molar-refractivity contribution in [2.75, 3.05) is 0 Å². The van der Waals surface area contributed by atoms with Crippen LogP contribution in [-0.2, 0) is 4.87 Å². The molecule has 1 saturated carbocycles. The fourth-order valence-electron chi connectivity index (χ4n) is 1.49. The van der Waals surface area contributed by atoms with E-state index < -0.39 is 0 Å². The molecule has 2 heteroatoms. The molecule has 2 rings (SSSR count). The highest BCUT2D eigenvalue weighted by molar-refractivity contribution is 6.23. The van der Waals surface area contributed by atoms with Crippen LogP contribution in [0.5, 0.6) is 0 Å². The number of halogens is 1. The molecule has 0 spiro atoms. The standard InChI is InChI=1S/C10H12ClN/c1-10(11,8-5-6-8)9-4-2-3-7-12-9/h2-4,7-8H,5-6H2,1H3. The first kappa shape index (κ1) is 8.06. The molecule has 0 radical (unpaired) electrons. The molecular formula is C10H12ClN. The van der Waals surface area contributed by atoms with E-state index in [9.17, 15) is 0 Å². The molecule has 64 valence electrons. The number of rotatable bonds is 2. The number of pyridine rings is 1. The zero-order chi connectivity index (χ0) is 8.60. The van der Waals surface area contributed by atoms with Crippen LogP contribution in [0.4, 0.5) is 0 Å². The van der Waals surface area contributed by atoms with E-state index >= 15 is 0 Å². The van der Waals surface area contributed by atoms with Crippen LogP contribution in [0.15, 0.2) is 24.4 Å². The lowest BCUT2D eigenvalue weighted by Crippen LogP contribution is -2.17. The van der Waals surface area contributed by atoms with E-state index in [1.807, 2.05) is 18.2 Å². The molecule has 12 heavy (non-hydrogen) atoms. The second-order valence-corrected chi connectivity index (χ2v) is 4.35. The monoisotopic (exact) mass is 181 g/mol. The molecule has 1 heterocycles. The highest BCUT2D eigenvalue weighted by atomic mass is 35.5. The third-order valence-corrected chi connectivity index (χ3v) is 3.01. The summed E-state index contributed by atoms with van der Waals surface area (Å²) < 4.78 is 0. The first-order valence-electron chi connectivity index (χ1n) is 4.31. The molecule has 1 aliphatic carbocycles. The van der Waals surface area contributed by atoms with Crippen LogP contribution in [0.2, 0.25) is 0 Å². The van der Waals surface area contributed by atoms with Crippen molar-refractivity contribution in [1.29, 1.82) is 0 Å². The van der Waals surface area contributed by atoms with Crippen molar-refractivity contribution in [3.8, 4) is 0 Å². The molecule has 1 fully saturated rings. The van der Waals surface area contributed by atoms with Crippen molar-refractivity contribution in [2.24, 2.45) is 5.92 Å². The Hall–Kier alpha value is -0.560. The summed E-state index contributed by atoms with van der Waals surface area (Å²) >= 11 is 6.40. The molecule has 1 aromatic heterocycles. The van der Waals surface area contributed by atoms with E-state index in [1.54, 1.807) is 6.20 Å². The maximum atomic E-state index is 6.40. The van der Waals surface area contributed by atoms with Gasteiger partial charge in [0.25, 0.3) is 0 Å². The molecule has 0 aromatic carbocycles. The molecule has 1 aliphatic rings. The van der Waals surface area contributed by atoms with Crippen molar-refractivity contribution in [2.45, 2.75) is 24.6 Å². The highest BCUT2D eigenvalue weighted by Gasteiger charge is 2.42. The summed E-state index contributed by atoms with van der Waals surface area (Å²) in [6, 6.07) is 5.92. The SMILES string of the molecule is CC(Cl)(c1ccccn1)C1CC1. The number of hydrogen-bond acceptors (Lipinski definition) is 1. The van der Waals surface area contributed by atoms with Crippen LogP contribution < -0.4 is 0 Å². The van der Waals surface area contributed by atoms with Gasteiger partial charge in [-0.2, -0.15) is 0 Å². The Kier molecular flexibility index (Phi) is 1.84. The van der Waals surface area contributed by atoms with Gasteiger partial charge in [-0.05, 0) is 37.8 Å². The van der Waals surface area contributed by atoms with Crippen molar-refractivity contribution in [3.63, 3.8) is 0 Å². The predicted molar refractivity (Wildman–Crippen MR) is 50.2 cm³/mol. The minimum Gasteiger partial charge on any atom is -0.259 e. The third-order valence-electron chi connectivity index (χ3n) is 2.51. The second kappa shape index (κ2) is 2.74. The van der Waals surface area contributed by atoms with Gasteiger partial charge in [-0.25, -0.2) is 0 Å². The smallest absolute Gasteiger partial charge is 0.0865 e. The Morgan fingerprint density at radius 1 is 1.50 bits per heavy atom. The van der Waals surface area contributed by atoms with Gasteiger partial charge in [-0.1, -0.05) is 6.07 Å². The second-order valence-electron chi connectivity index (χ2n) is 3.56. The minimum absolute atomic E-state index is 0.235. The molecule has 1 nitrogen and oxygen atoms in total. The molecule has 0 aliphatic heterocycles. The lowest BCUT2D eigenvalue weighted by Gasteiger charge is -2.20. The maximum Gasteiger partial charge on any atom is 0.0865 e. The molecule has 0 bridgehead atoms. The van der Waals surface area contributed by atoms with E-state index in [2.05, 4.69) is 11.9 Å². The average molecular weight is 182 g/mol. The normalized spacial score (nSPS) is 21.8. The van der Waals surface area contributed by atoms with E-state index in [0.717, 1.165) is 5.69 Å². The summed E-state index contributed by atoms with van der Waals surface area (Å²) in [4.78, 5) is 4.04. The summed E-state index contributed by atoms with van der Waals surface area (Å²) in [6.45, 7) is 2.06. The van der Waals surface area contributed by atoms with E-state index in [4.69, 9.17) is 11.6 Å². The average Bonchev–Trinajstić information content (AvgIpc) is 2.88. The van der Waals surface area contributed by atoms with Gasteiger partial charge in [-0.3, -0.25) is 4.98 Å².